The van der Waals surface area contributed by atoms with Crippen molar-refractivity contribution >= 4 is 5.91 Å². The fourth-order valence-corrected chi connectivity index (χ4v) is 2.57. The van der Waals surface area contributed by atoms with Crippen LogP contribution in [0.2, 0.25) is 0 Å². The predicted molar refractivity (Wildman–Crippen MR) is 73.2 cm³/mol. The van der Waals surface area contributed by atoms with Crippen LogP contribution in [0.15, 0.2) is 28.8 Å². The second kappa shape index (κ2) is 5.37. The van der Waals surface area contributed by atoms with Crippen molar-refractivity contribution in [2.75, 3.05) is 6.54 Å². The van der Waals surface area contributed by atoms with Gasteiger partial charge in [0.1, 0.15) is 6.04 Å². The standard InChI is InChI=1S/C15H14N4O2/c1-10-17-14(21-18-10)13-3-2-8-19(13)15(20)12-6-4-11(9-16)5-7-12/h4-7,13H,2-3,8H2,1H3. The average molecular weight is 282 g/mol. The molecule has 1 aromatic carbocycles. The summed E-state index contributed by atoms with van der Waals surface area (Å²) in [4.78, 5) is 18.6. The van der Waals surface area contributed by atoms with Crippen LogP contribution < -0.4 is 0 Å². The first-order valence-corrected chi connectivity index (χ1v) is 6.80. The Morgan fingerprint density at radius 2 is 2.19 bits per heavy atom. The van der Waals surface area contributed by atoms with E-state index in [0.29, 0.717) is 29.4 Å². The summed E-state index contributed by atoms with van der Waals surface area (Å²) in [5.74, 6) is 0.993. The number of hydrogen-bond donors (Lipinski definition) is 0. The molecule has 1 aliphatic heterocycles. The maximum atomic E-state index is 12.6. The molecular formula is C15H14N4O2. The van der Waals surface area contributed by atoms with Crippen LogP contribution >= 0.6 is 0 Å². The molecule has 2 aromatic rings. The Bertz CT molecular complexity index is 699. The lowest BCUT2D eigenvalue weighted by Gasteiger charge is -2.21. The summed E-state index contributed by atoms with van der Waals surface area (Å²) < 4.78 is 5.20. The second-order valence-electron chi connectivity index (χ2n) is 5.03. The largest absolute Gasteiger partial charge is 0.337 e. The molecule has 1 atom stereocenters. The van der Waals surface area contributed by atoms with Crippen molar-refractivity contribution in [3.63, 3.8) is 0 Å². The highest BCUT2D eigenvalue weighted by Crippen LogP contribution is 2.32. The molecule has 1 saturated heterocycles. The summed E-state index contributed by atoms with van der Waals surface area (Å²) in [7, 11) is 0. The number of rotatable bonds is 2. The molecule has 3 rings (SSSR count). The van der Waals surface area contributed by atoms with Crippen LogP contribution in [-0.4, -0.2) is 27.5 Å². The molecule has 6 heteroatoms. The number of carbonyl (C=O) groups excluding carboxylic acids is 1. The lowest BCUT2D eigenvalue weighted by molar-refractivity contribution is 0.0710. The van der Waals surface area contributed by atoms with E-state index in [1.54, 1.807) is 36.1 Å². The number of likely N-dealkylation sites (tertiary alicyclic amines) is 1. The second-order valence-corrected chi connectivity index (χ2v) is 5.03. The van der Waals surface area contributed by atoms with Gasteiger partial charge in [-0.1, -0.05) is 5.16 Å². The van der Waals surface area contributed by atoms with E-state index in [4.69, 9.17) is 9.78 Å². The van der Waals surface area contributed by atoms with Crippen molar-refractivity contribution in [2.45, 2.75) is 25.8 Å². The highest BCUT2D eigenvalue weighted by molar-refractivity contribution is 5.94. The molecule has 0 aliphatic carbocycles. The van der Waals surface area contributed by atoms with Gasteiger partial charge in [0, 0.05) is 12.1 Å². The third-order valence-electron chi connectivity index (χ3n) is 3.60. The minimum Gasteiger partial charge on any atom is -0.337 e. The topological polar surface area (TPSA) is 83.0 Å². The van der Waals surface area contributed by atoms with Crippen molar-refractivity contribution in [3.05, 3.63) is 47.1 Å². The lowest BCUT2D eigenvalue weighted by atomic mass is 10.1. The van der Waals surface area contributed by atoms with Crippen LogP contribution in [0.4, 0.5) is 0 Å². The Kier molecular flexibility index (Phi) is 3.40. The molecular weight excluding hydrogens is 268 g/mol. The molecule has 1 aliphatic rings. The molecule has 0 spiro atoms. The van der Waals surface area contributed by atoms with E-state index in [2.05, 4.69) is 10.1 Å². The van der Waals surface area contributed by atoms with Crippen LogP contribution in [0, 0.1) is 18.3 Å². The van der Waals surface area contributed by atoms with E-state index in [-0.39, 0.29) is 11.9 Å². The molecule has 0 bridgehead atoms. The van der Waals surface area contributed by atoms with E-state index in [1.165, 1.54) is 0 Å². The Morgan fingerprint density at radius 3 is 2.81 bits per heavy atom. The summed E-state index contributed by atoms with van der Waals surface area (Å²) >= 11 is 0. The molecule has 1 amide bonds. The summed E-state index contributed by atoms with van der Waals surface area (Å²) in [5, 5.41) is 12.6. The first-order valence-electron chi connectivity index (χ1n) is 6.80. The van der Waals surface area contributed by atoms with Gasteiger partial charge in [-0.3, -0.25) is 4.79 Å². The van der Waals surface area contributed by atoms with Crippen LogP contribution in [0.5, 0.6) is 0 Å². The molecule has 6 nitrogen and oxygen atoms in total. The van der Waals surface area contributed by atoms with Gasteiger partial charge >= 0.3 is 0 Å². The highest BCUT2D eigenvalue weighted by atomic mass is 16.5. The van der Waals surface area contributed by atoms with Crippen LogP contribution in [0.3, 0.4) is 0 Å². The van der Waals surface area contributed by atoms with Gasteiger partial charge in [0.2, 0.25) is 5.89 Å². The zero-order valence-corrected chi connectivity index (χ0v) is 11.6. The van der Waals surface area contributed by atoms with Gasteiger partial charge in [-0.25, -0.2) is 0 Å². The summed E-state index contributed by atoms with van der Waals surface area (Å²) in [5.41, 5.74) is 1.11. The first-order chi connectivity index (χ1) is 10.2. The van der Waals surface area contributed by atoms with E-state index in [1.807, 2.05) is 6.07 Å². The summed E-state index contributed by atoms with van der Waals surface area (Å²) in [6.07, 6.45) is 1.73. The van der Waals surface area contributed by atoms with Crippen molar-refractivity contribution < 1.29 is 9.32 Å². The fraction of sp³-hybridized carbons (Fsp3) is 0.333. The molecule has 2 heterocycles. The van der Waals surface area contributed by atoms with Crippen LogP contribution in [0.1, 0.15) is 46.5 Å². The number of carbonyl (C=O) groups is 1. The number of aryl methyl sites for hydroxylation is 1. The SMILES string of the molecule is Cc1noc(C2CCCN2C(=O)c2ccc(C#N)cc2)n1. The van der Waals surface area contributed by atoms with Gasteiger partial charge < -0.3 is 9.42 Å². The predicted octanol–water partition coefficient (Wildman–Crippen LogP) is 2.23. The van der Waals surface area contributed by atoms with E-state index in [0.717, 1.165) is 12.8 Å². The zero-order chi connectivity index (χ0) is 14.8. The number of aromatic nitrogens is 2. The summed E-state index contributed by atoms with van der Waals surface area (Å²) in [6.45, 7) is 2.43. The smallest absolute Gasteiger partial charge is 0.254 e. The Labute approximate surface area is 122 Å². The number of amides is 1. The first kappa shape index (κ1) is 13.3. The van der Waals surface area contributed by atoms with E-state index >= 15 is 0 Å². The quantitative estimate of drug-likeness (QED) is 0.843. The van der Waals surface area contributed by atoms with E-state index in [9.17, 15) is 4.79 Å². The van der Waals surface area contributed by atoms with Crippen molar-refractivity contribution in [3.8, 4) is 6.07 Å². The van der Waals surface area contributed by atoms with Gasteiger partial charge in [-0.05, 0) is 44.0 Å². The molecule has 1 unspecified atom stereocenters. The molecule has 1 fully saturated rings. The van der Waals surface area contributed by atoms with Gasteiger partial charge in [0.05, 0.1) is 11.6 Å². The molecule has 21 heavy (non-hydrogen) atoms. The highest BCUT2D eigenvalue weighted by Gasteiger charge is 2.34. The average Bonchev–Trinajstić information content (AvgIpc) is 3.15. The van der Waals surface area contributed by atoms with Crippen LogP contribution in [0.25, 0.3) is 0 Å². The van der Waals surface area contributed by atoms with Crippen molar-refractivity contribution in [1.82, 2.24) is 15.0 Å². The third-order valence-corrected chi connectivity index (χ3v) is 3.60. The van der Waals surface area contributed by atoms with Crippen molar-refractivity contribution in [1.29, 1.82) is 5.26 Å². The Morgan fingerprint density at radius 1 is 1.43 bits per heavy atom. The maximum absolute atomic E-state index is 12.6. The van der Waals surface area contributed by atoms with Gasteiger partial charge in [-0.15, -0.1) is 0 Å². The normalized spacial score (nSPS) is 17.7. The molecule has 0 saturated carbocycles. The van der Waals surface area contributed by atoms with Crippen molar-refractivity contribution in [2.24, 2.45) is 0 Å². The van der Waals surface area contributed by atoms with Crippen LogP contribution in [-0.2, 0) is 0 Å². The molecule has 0 N–H and O–H groups in total. The third kappa shape index (κ3) is 2.50. The maximum Gasteiger partial charge on any atom is 0.254 e. The monoisotopic (exact) mass is 282 g/mol. The Hall–Kier alpha value is -2.68. The van der Waals surface area contributed by atoms with Gasteiger partial charge in [-0.2, -0.15) is 10.2 Å². The molecule has 106 valence electrons. The molecule has 1 aromatic heterocycles. The summed E-state index contributed by atoms with van der Waals surface area (Å²) in [6, 6.07) is 8.53. The number of hydrogen-bond acceptors (Lipinski definition) is 5. The number of benzene rings is 1. The zero-order valence-electron chi connectivity index (χ0n) is 11.6. The Balaban J connectivity index is 1.84. The minimum absolute atomic E-state index is 0.0714. The fourth-order valence-electron chi connectivity index (χ4n) is 2.57. The van der Waals surface area contributed by atoms with Gasteiger partial charge in [0.15, 0.2) is 5.82 Å². The van der Waals surface area contributed by atoms with E-state index < -0.39 is 0 Å². The van der Waals surface area contributed by atoms with Gasteiger partial charge in [0.25, 0.3) is 5.91 Å². The number of nitrogens with zero attached hydrogens (tertiary/aromatic N) is 4. The number of nitriles is 1. The lowest BCUT2D eigenvalue weighted by Crippen LogP contribution is -2.30. The minimum atomic E-state index is -0.158. The molecule has 0 radical (unpaired) electrons.